The summed E-state index contributed by atoms with van der Waals surface area (Å²) in [6, 6.07) is 26.8. The van der Waals surface area contributed by atoms with E-state index in [0.717, 1.165) is 43.8 Å². The van der Waals surface area contributed by atoms with Crippen molar-refractivity contribution >= 4 is 43.6 Å². The van der Waals surface area contributed by atoms with Crippen LogP contribution in [0.3, 0.4) is 0 Å². The van der Waals surface area contributed by atoms with Crippen LogP contribution in [0.1, 0.15) is 33.4 Å². The van der Waals surface area contributed by atoms with Crippen molar-refractivity contribution in [3.63, 3.8) is 0 Å². The second-order valence-electron chi connectivity index (χ2n) is 11.1. The highest BCUT2D eigenvalue weighted by Gasteiger charge is 2.30. The fourth-order valence-electron chi connectivity index (χ4n) is 6.27. The van der Waals surface area contributed by atoms with Gasteiger partial charge in [-0.3, -0.25) is 0 Å². The zero-order valence-corrected chi connectivity index (χ0v) is 23.5. The predicted octanol–water partition coefficient (Wildman–Crippen LogP) is 9.14. The highest BCUT2D eigenvalue weighted by Crippen LogP contribution is 2.41. The Kier molecular flexibility index (Phi) is 5.48. The van der Waals surface area contributed by atoms with E-state index in [9.17, 15) is 10.5 Å². The van der Waals surface area contributed by atoms with Crippen LogP contribution in [0.15, 0.2) is 72.8 Å². The quantitative estimate of drug-likeness (QED) is 0.216. The molecule has 42 heavy (non-hydrogen) atoms. The molecular weight excluding hydrogens is 526 g/mol. The number of aromatic nitrogens is 2. The van der Waals surface area contributed by atoms with E-state index in [1.165, 1.54) is 0 Å². The molecule has 0 aliphatic rings. The molecule has 0 aliphatic heterocycles. The SMILES string of the molecule is Cc1ccc2c(c1)c1cc(C)ccc1n2-c1c(F)c(C#N)c(-n2c3ccc(C)cc3c3cc(C)ccc32)c(F)c1C#N. The molecule has 7 rings (SSSR count). The lowest BCUT2D eigenvalue weighted by atomic mass is 10.0. The highest BCUT2D eigenvalue weighted by molar-refractivity contribution is 6.11. The average molecular weight is 551 g/mol. The summed E-state index contributed by atoms with van der Waals surface area (Å²) in [5, 5.41) is 24.2. The van der Waals surface area contributed by atoms with Gasteiger partial charge >= 0.3 is 0 Å². The molecule has 0 saturated heterocycles. The van der Waals surface area contributed by atoms with Crippen LogP contribution >= 0.6 is 0 Å². The summed E-state index contributed by atoms with van der Waals surface area (Å²) in [5.41, 5.74) is 5.08. The normalized spacial score (nSPS) is 11.5. The molecule has 6 heteroatoms. The second-order valence-corrected chi connectivity index (χ2v) is 11.1. The van der Waals surface area contributed by atoms with Crippen molar-refractivity contribution < 1.29 is 8.78 Å². The third-order valence-electron chi connectivity index (χ3n) is 8.15. The van der Waals surface area contributed by atoms with E-state index < -0.39 is 22.8 Å². The Labute approximate surface area is 240 Å². The van der Waals surface area contributed by atoms with Crippen LogP contribution in [0.25, 0.3) is 55.0 Å². The second kappa shape index (κ2) is 9.03. The van der Waals surface area contributed by atoms with E-state index in [1.807, 2.05) is 113 Å². The molecule has 2 heterocycles. The van der Waals surface area contributed by atoms with Gasteiger partial charge in [0, 0.05) is 21.5 Å². The summed E-state index contributed by atoms with van der Waals surface area (Å²) >= 11 is 0. The Morgan fingerprint density at radius 2 is 0.738 bits per heavy atom. The van der Waals surface area contributed by atoms with E-state index in [2.05, 4.69) is 0 Å². The Bertz CT molecular complexity index is 2110. The minimum absolute atomic E-state index is 0.268. The Balaban J connectivity index is 1.66. The van der Waals surface area contributed by atoms with Gasteiger partial charge in [0.25, 0.3) is 0 Å². The number of hydrogen-bond acceptors (Lipinski definition) is 2. The summed E-state index contributed by atoms with van der Waals surface area (Å²) in [7, 11) is 0. The third-order valence-corrected chi connectivity index (χ3v) is 8.15. The minimum Gasteiger partial charge on any atom is -0.305 e. The zero-order valence-electron chi connectivity index (χ0n) is 23.5. The van der Waals surface area contributed by atoms with Crippen LogP contribution in [0.4, 0.5) is 8.78 Å². The molecule has 4 nitrogen and oxygen atoms in total. The van der Waals surface area contributed by atoms with Crippen LogP contribution < -0.4 is 0 Å². The molecule has 0 amide bonds. The lowest BCUT2D eigenvalue weighted by Crippen LogP contribution is -2.12. The Morgan fingerprint density at radius 1 is 0.476 bits per heavy atom. The topological polar surface area (TPSA) is 57.4 Å². The number of benzene rings is 5. The molecule has 0 spiro atoms. The monoisotopic (exact) mass is 550 g/mol. The molecule has 5 aromatic carbocycles. The van der Waals surface area contributed by atoms with E-state index >= 15 is 8.78 Å². The number of rotatable bonds is 2. The summed E-state index contributed by atoms with van der Waals surface area (Å²) in [6.07, 6.45) is 0. The van der Waals surface area contributed by atoms with Crippen LogP contribution in [0.5, 0.6) is 0 Å². The number of halogens is 2. The lowest BCUT2D eigenvalue weighted by molar-refractivity contribution is 0.583. The maximum absolute atomic E-state index is 16.9. The van der Waals surface area contributed by atoms with E-state index in [-0.39, 0.29) is 11.4 Å². The van der Waals surface area contributed by atoms with Crippen molar-refractivity contribution in [2.75, 3.05) is 0 Å². The maximum atomic E-state index is 16.9. The van der Waals surface area contributed by atoms with Gasteiger partial charge in [-0.25, -0.2) is 8.78 Å². The van der Waals surface area contributed by atoms with Crippen LogP contribution in [-0.4, -0.2) is 9.13 Å². The highest BCUT2D eigenvalue weighted by atomic mass is 19.1. The van der Waals surface area contributed by atoms with E-state index in [4.69, 9.17) is 0 Å². The molecule has 2 aromatic heterocycles. The Hall–Kier alpha value is -5.46. The molecule has 0 radical (unpaired) electrons. The zero-order chi connectivity index (χ0) is 29.4. The minimum atomic E-state index is -0.945. The molecule has 0 unspecified atom stereocenters. The van der Waals surface area contributed by atoms with Crippen molar-refractivity contribution in [3.8, 4) is 23.5 Å². The van der Waals surface area contributed by atoms with Crippen molar-refractivity contribution in [1.82, 2.24) is 9.13 Å². The summed E-state index contributed by atoms with van der Waals surface area (Å²) < 4.78 is 36.9. The first kappa shape index (κ1) is 25.5. The molecule has 0 atom stereocenters. The number of fused-ring (bicyclic) bond motifs is 6. The largest absolute Gasteiger partial charge is 0.305 e. The number of aryl methyl sites for hydroxylation is 4. The summed E-state index contributed by atoms with van der Waals surface area (Å²) in [4.78, 5) is 0. The van der Waals surface area contributed by atoms with Gasteiger partial charge in [0.1, 0.15) is 34.6 Å². The molecular formula is C36H24F2N4. The first-order valence-corrected chi connectivity index (χ1v) is 13.6. The van der Waals surface area contributed by atoms with Crippen LogP contribution in [0, 0.1) is 62.0 Å². The van der Waals surface area contributed by atoms with E-state index in [0.29, 0.717) is 22.1 Å². The van der Waals surface area contributed by atoms with Gasteiger partial charge in [0.2, 0.25) is 0 Å². The van der Waals surface area contributed by atoms with Gasteiger partial charge in [-0.2, -0.15) is 10.5 Å². The average Bonchev–Trinajstić information content (AvgIpc) is 3.44. The summed E-state index contributed by atoms with van der Waals surface area (Å²) in [5.74, 6) is -1.89. The van der Waals surface area contributed by atoms with Gasteiger partial charge < -0.3 is 9.13 Å². The maximum Gasteiger partial charge on any atom is 0.168 e. The smallest absolute Gasteiger partial charge is 0.168 e. The Morgan fingerprint density at radius 3 is 0.976 bits per heavy atom. The van der Waals surface area contributed by atoms with Gasteiger partial charge in [-0.05, 0) is 76.2 Å². The molecule has 0 saturated carbocycles. The number of nitriles is 2. The number of hydrogen-bond donors (Lipinski definition) is 0. The molecule has 0 aliphatic carbocycles. The van der Waals surface area contributed by atoms with Gasteiger partial charge in [0.15, 0.2) is 11.6 Å². The van der Waals surface area contributed by atoms with Crippen molar-refractivity contribution in [3.05, 3.63) is 118 Å². The predicted molar refractivity (Wildman–Crippen MR) is 163 cm³/mol. The van der Waals surface area contributed by atoms with Crippen molar-refractivity contribution in [1.29, 1.82) is 10.5 Å². The molecule has 0 bridgehead atoms. The fourth-order valence-corrected chi connectivity index (χ4v) is 6.27. The van der Waals surface area contributed by atoms with Gasteiger partial charge in [0.05, 0.1) is 22.1 Å². The molecule has 0 fully saturated rings. The van der Waals surface area contributed by atoms with Gasteiger partial charge in [-0.15, -0.1) is 0 Å². The fraction of sp³-hybridized carbons (Fsp3) is 0.111. The summed E-state index contributed by atoms with van der Waals surface area (Å²) in [6.45, 7) is 7.88. The molecule has 0 N–H and O–H groups in total. The number of nitrogens with zero attached hydrogens (tertiary/aromatic N) is 4. The van der Waals surface area contributed by atoms with Crippen molar-refractivity contribution in [2.24, 2.45) is 0 Å². The first-order chi connectivity index (χ1) is 20.2. The van der Waals surface area contributed by atoms with E-state index in [1.54, 1.807) is 9.13 Å². The molecule has 7 aromatic rings. The van der Waals surface area contributed by atoms with Gasteiger partial charge in [-0.1, -0.05) is 46.5 Å². The van der Waals surface area contributed by atoms with Crippen LogP contribution in [0.2, 0.25) is 0 Å². The standard InChI is InChI=1S/C36H24F2N4/c1-19-5-9-29-23(13-19)24-14-20(2)6-10-30(24)41(29)35-27(17-39)34(38)36(28(18-40)33(35)37)42-31-11-7-21(3)15-25(31)26-16-22(4)8-12-32(26)42/h5-16H,1-4H3. The van der Waals surface area contributed by atoms with Crippen molar-refractivity contribution in [2.45, 2.75) is 27.7 Å². The molecule has 202 valence electrons. The lowest BCUT2D eigenvalue weighted by Gasteiger charge is -2.18. The third kappa shape index (κ3) is 3.42. The van der Waals surface area contributed by atoms with Crippen LogP contribution in [-0.2, 0) is 0 Å². The first-order valence-electron chi connectivity index (χ1n) is 13.6.